The van der Waals surface area contributed by atoms with Crippen LogP contribution in [0.5, 0.6) is 0 Å². The Bertz CT molecular complexity index is 4290. The molecule has 0 spiro atoms. The van der Waals surface area contributed by atoms with Crippen LogP contribution in [0.3, 0.4) is 0 Å². The van der Waals surface area contributed by atoms with Crippen LogP contribution >= 0.6 is 11.3 Å². The first-order valence-electron chi connectivity index (χ1n) is 23.7. The quantitative estimate of drug-likeness (QED) is 0.155. The minimum Gasteiger partial charge on any atom is -0.310 e. The molecule has 0 fully saturated rings. The van der Waals surface area contributed by atoms with Crippen LogP contribution in [-0.4, -0.2) is 4.57 Å². The number of nitrogens with zero attached hydrogens (tertiary/aromatic N) is 2. The van der Waals surface area contributed by atoms with Gasteiger partial charge in [-0.05, 0) is 109 Å². The minimum absolute atomic E-state index is 1.09. The first kappa shape index (κ1) is 39.4. The van der Waals surface area contributed by atoms with Crippen molar-refractivity contribution in [2.24, 2.45) is 0 Å². The standard InChI is InChI=1S/C66H42N2S/c1-4-21-50-43(15-1)18-11-26-51(50)46-33-37-48(38-34-46)67(62-42-41-56(55-28-12-19-44-16-2-5-22-52(44)55)66-65(62)58-25-8-10-32-63(58)69-66)49-39-35-47(36-40-49)54-27-14-31-61-64(54)57-24-7-9-29-60(57)68(61)59-30-13-20-45-17-3-6-23-53(45)59/h1-42H. The Balaban J connectivity index is 0.964. The second-order valence-electron chi connectivity index (χ2n) is 18.0. The van der Waals surface area contributed by atoms with Gasteiger partial charge in [-0.25, -0.2) is 0 Å². The van der Waals surface area contributed by atoms with Crippen molar-refractivity contribution < 1.29 is 0 Å². The molecule has 14 aromatic rings. The van der Waals surface area contributed by atoms with Crippen LogP contribution < -0.4 is 4.90 Å². The summed E-state index contributed by atoms with van der Waals surface area (Å²) in [5.74, 6) is 0. The van der Waals surface area contributed by atoms with Gasteiger partial charge in [-0.3, -0.25) is 0 Å². The van der Waals surface area contributed by atoms with Gasteiger partial charge in [0, 0.05) is 53.3 Å². The Kier molecular flexibility index (Phi) is 9.11. The van der Waals surface area contributed by atoms with Crippen molar-refractivity contribution in [3.63, 3.8) is 0 Å². The molecule has 0 aliphatic rings. The van der Waals surface area contributed by atoms with Gasteiger partial charge in [0.05, 0.1) is 22.4 Å². The summed E-state index contributed by atoms with van der Waals surface area (Å²) in [5.41, 5.74) is 14.2. The molecule has 0 atom stereocenters. The van der Waals surface area contributed by atoms with E-state index < -0.39 is 0 Å². The Morgan fingerprint density at radius 1 is 0.304 bits per heavy atom. The Morgan fingerprint density at radius 2 is 0.797 bits per heavy atom. The van der Waals surface area contributed by atoms with Crippen molar-refractivity contribution in [2.75, 3.05) is 4.90 Å². The first-order valence-corrected chi connectivity index (χ1v) is 24.5. The van der Waals surface area contributed by atoms with E-state index in [1.807, 2.05) is 11.3 Å². The maximum atomic E-state index is 2.47. The highest BCUT2D eigenvalue weighted by molar-refractivity contribution is 7.26. The second kappa shape index (κ2) is 16.0. The number of benzene rings is 12. The molecule has 0 bridgehead atoms. The van der Waals surface area contributed by atoms with Gasteiger partial charge in [0.25, 0.3) is 0 Å². The summed E-state index contributed by atoms with van der Waals surface area (Å²) in [5, 5.41) is 12.5. The third-order valence-corrected chi connectivity index (χ3v) is 15.4. The minimum atomic E-state index is 1.09. The second-order valence-corrected chi connectivity index (χ2v) is 19.0. The van der Waals surface area contributed by atoms with Crippen molar-refractivity contribution in [3.05, 3.63) is 255 Å². The van der Waals surface area contributed by atoms with Crippen LogP contribution in [0.2, 0.25) is 0 Å². The smallest absolute Gasteiger partial charge is 0.0555 e. The number of anilines is 3. The molecule has 2 nitrogen and oxygen atoms in total. The molecule has 14 rings (SSSR count). The highest BCUT2D eigenvalue weighted by Gasteiger charge is 2.23. The Hall–Kier alpha value is -8.76. The zero-order valence-corrected chi connectivity index (χ0v) is 38.4. The van der Waals surface area contributed by atoms with E-state index in [-0.39, 0.29) is 0 Å². The molecule has 0 unspecified atom stereocenters. The van der Waals surface area contributed by atoms with E-state index in [4.69, 9.17) is 0 Å². The SMILES string of the molecule is c1ccc2c(-c3ccc(N(c4ccc(-c5cccc6c5c5ccccc5n6-c5cccc6ccccc56)cc4)c4ccc(-c5cccc6ccccc56)c5sc6ccccc6c45)cc3)cccc2c1. The van der Waals surface area contributed by atoms with Crippen molar-refractivity contribution in [3.8, 4) is 39.1 Å². The van der Waals surface area contributed by atoms with Crippen molar-refractivity contribution >= 4 is 103 Å². The number of thiophene rings is 1. The maximum absolute atomic E-state index is 2.47. The lowest BCUT2D eigenvalue weighted by molar-refractivity contribution is 1.20. The molecule has 69 heavy (non-hydrogen) atoms. The zero-order chi connectivity index (χ0) is 45.4. The lowest BCUT2D eigenvalue weighted by atomic mass is 9.95. The molecule has 322 valence electrons. The Labute approximate surface area is 403 Å². The van der Waals surface area contributed by atoms with Gasteiger partial charge in [-0.15, -0.1) is 11.3 Å². The molecule has 2 heterocycles. The summed E-state index contributed by atoms with van der Waals surface area (Å²) in [7, 11) is 0. The zero-order valence-electron chi connectivity index (χ0n) is 37.6. The van der Waals surface area contributed by atoms with E-state index in [9.17, 15) is 0 Å². The first-order chi connectivity index (χ1) is 34.2. The van der Waals surface area contributed by atoms with Gasteiger partial charge in [0.15, 0.2) is 0 Å². The summed E-state index contributed by atoms with van der Waals surface area (Å²) in [4.78, 5) is 2.47. The van der Waals surface area contributed by atoms with E-state index >= 15 is 0 Å². The van der Waals surface area contributed by atoms with E-state index in [2.05, 4.69) is 264 Å². The monoisotopic (exact) mass is 894 g/mol. The number of aromatic nitrogens is 1. The van der Waals surface area contributed by atoms with Gasteiger partial charge in [-0.2, -0.15) is 0 Å². The van der Waals surface area contributed by atoms with Gasteiger partial charge in [0.2, 0.25) is 0 Å². The molecule has 12 aromatic carbocycles. The molecule has 0 saturated heterocycles. The molecule has 0 radical (unpaired) electrons. The van der Waals surface area contributed by atoms with Crippen LogP contribution in [0.4, 0.5) is 17.1 Å². The van der Waals surface area contributed by atoms with E-state index in [0.717, 1.165) is 17.1 Å². The lowest BCUT2D eigenvalue weighted by Gasteiger charge is -2.27. The third kappa shape index (κ3) is 6.32. The molecule has 2 aromatic heterocycles. The Morgan fingerprint density at radius 3 is 1.51 bits per heavy atom. The summed E-state index contributed by atoms with van der Waals surface area (Å²) < 4.78 is 5.01. The molecular formula is C66H42N2S. The van der Waals surface area contributed by atoms with Gasteiger partial charge >= 0.3 is 0 Å². The summed E-state index contributed by atoms with van der Waals surface area (Å²) in [6, 6.07) is 93.7. The molecule has 0 N–H and O–H groups in total. The topological polar surface area (TPSA) is 8.17 Å². The molecule has 0 amide bonds. The largest absolute Gasteiger partial charge is 0.310 e. The number of hydrogen-bond acceptors (Lipinski definition) is 2. The lowest BCUT2D eigenvalue weighted by Crippen LogP contribution is -2.10. The van der Waals surface area contributed by atoms with Crippen molar-refractivity contribution in [1.29, 1.82) is 0 Å². The normalized spacial score (nSPS) is 11.8. The van der Waals surface area contributed by atoms with Crippen LogP contribution in [0, 0.1) is 0 Å². The van der Waals surface area contributed by atoms with Gasteiger partial charge < -0.3 is 9.47 Å². The van der Waals surface area contributed by atoms with E-state index in [1.54, 1.807) is 0 Å². The summed E-state index contributed by atoms with van der Waals surface area (Å²) >= 11 is 1.89. The molecular weight excluding hydrogens is 853 g/mol. The fourth-order valence-corrected chi connectivity index (χ4v) is 12.3. The number of para-hydroxylation sites is 1. The summed E-state index contributed by atoms with van der Waals surface area (Å²) in [6.45, 7) is 0. The van der Waals surface area contributed by atoms with Crippen LogP contribution in [0.25, 0.3) is 113 Å². The number of hydrogen-bond donors (Lipinski definition) is 0. The molecule has 0 aliphatic carbocycles. The van der Waals surface area contributed by atoms with E-state index in [0.29, 0.717) is 0 Å². The maximum Gasteiger partial charge on any atom is 0.0555 e. The average Bonchev–Trinajstić information content (AvgIpc) is 3.98. The summed E-state index contributed by atoms with van der Waals surface area (Å²) in [6.07, 6.45) is 0. The van der Waals surface area contributed by atoms with Crippen molar-refractivity contribution in [1.82, 2.24) is 4.57 Å². The van der Waals surface area contributed by atoms with Gasteiger partial charge in [0.1, 0.15) is 0 Å². The van der Waals surface area contributed by atoms with E-state index in [1.165, 1.54) is 113 Å². The van der Waals surface area contributed by atoms with Crippen molar-refractivity contribution in [2.45, 2.75) is 0 Å². The highest BCUT2D eigenvalue weighted by Crippen LogP contribution is 2.50. The average molecular weight is 895 g/mol. The molecule has 0 aliphatic heterocycles. The highest BCUT2D eigenvalue weighted by atomic mass is 32.1. The fourth-order valence-electron chi connectivity index (χ4n) is 11.1. The predicted octanol–water partition coefficient (Wildman–Crippen LogP) is 19.1. The number of rotatable bonds is 7. The number of fused-ring (bicyclic) bond motifs is 9. The van der Waals surface area contributed by atoms with Gasteiger partial charge in [-0.1, -0.05) is 200 Å². The third-order valence-electron chi connectivity index (χ3n) is 14.2. The van der Waals surface area contributed by atoms with Crippen LogP contribution in [-0.2, 0) is 0 Å². The van der Waals surface area contributed by atoms with Crippen LogP contribution in [0.15, 0.2) is 255 Å². The van der Waals surface area contributed by atoms with Crippen LogP contribution in [0.1, 0.15) is 0 Å². The molecule has 3 heteroatoms. The predicted molar refractivity (Wildman–Crippen MR) is 297 cm³/mol. The molecule has 0 saturated carbocycles. The fraction of sp³-hybridized carbons (Fsp3) is 0.